The average molecular weight is 582 g/mol. The molecule has 2 aliphatic heterocycles. The molecular weight excluding hydrogens is 542 g/mol. The number of pyridine rings is 1. The molecule has 5 bridgehead atoms. The minimum absolute atomic E-state index is 0.280. The van der Waals surface area contributed by atoms with Crippen molar-refractivity contribution in [3.63, 3.8) is 0 Å². The first kappa shape index (κ1) is 31.1. The van der Waals surface area contributed by atoms with Crippen LogP contribution in [0.4, 0.5) is 0 Å². The molecule has 3 heterocycles. The van der Waals surface area contributed by atoms with Crippen LogP contribution in [0.15, 0.2) is 36.4 Å². The number of nitrogens with zero attached hydrogens (tertiary/aromatic N) is 2. The van der Waals surface area contributed by atoms with Crippen molar-refractivity contribution in [3.8, 4) is 0 Å². The molecule has 0 saturated carbocycles. The Balaban J connectivity index is 1.75. The van der Waals surface area contributed by atoms with E-state index in [-0.39, 0.29) is 5.91 Å². The van der Waals surface area contributed by atoms with Gasteiger partial charge in [0.25, 0.3) is 11.8 Å². The summed E-state index contributed by atoms with van der Waals surface area (Å²) in [7, 11) is 0. The zero-order chi connectivity index (χ0) is 30.6. The molecule has 0 aliphatic carbocycles. The van der Waals surface area contributed by atoms with Crippen LogP contribution in [-0.2, 0) is 23.9 Å². The Morgan fingerprint density at radius 2 is 1.71 bits per heavy atom. The summed E-state index contributed by atoms with van der Waals surface area (Å²) in [6.07, 6.45) is 2.72. The van der Waals surface area contributed by atoms with Crippen molar-refractivity contribution in [2.75, 3.05) is 19.8 Å². The average Bonchev–Trinajstić information content (AvgIpc) is 2.99. The van der Waals surface area contributed by atoms with E-state index in [2.05, 4.69) is 16.1 Å². The van der Waals surface area contributed by atoms with Crippen molar-refractivity contribution in [3.05, 3.63) is 47.7 Å². The van der Waals surface area contributed by atoms with Gasteiger partial charge in [0, 0.05) is 11.9 Å². The maximum atomic E-state index is 13.3. The minimum Gasteiger partial charge on any atom is -0.451 e. The summed E-state index contributed by atoms with van der Waals surface area (Å²) in [6.45, 7) is 5.48. The fourth-order valence-corrected chi connectivity index (χ4v) is 4.94. The SMILES string of the molecule is CC1NC(=O)C(C(C)C)OC(=O)C(CO)(CO)C=Cc2ccc3ccc(nc3c2)C(C)NC(=O)C2CCCN(N2)C1=O. The molecule has 1 aromatic carbocycles. The number of aliphatic hydroxyl groups is 2. The fraction of sp³-hybridized carbons (Fsp3) is 0.500. The van der Waals surface area contributed by atoms with Gasteiger partial charge in [0.15, 0.2) is 6.10 Å². The molecule has 2 aliphatic rings. The molecule has 5 N–H and O–H groups in total. The van der Waals surface area contributed by atoms with E-state index in [1.54, 1.807) is 32.1 Å². The fourth-order valence-electron chi connectivity index (χ4n) is 4.94. The number of hydrogen-bond donors (Lipinski definition) is 5. The number of aliphatic hydroxyl groups excluding tert-OH is 2. The molecule has 226 valence electrons. The van der Waals surface area contributed by atoms with Gasteiger partial charge in [-0.05, 0) is 50.3 Å². The van der Waals surface area contributed by atoms with Crippen LogP contribution in [0.25, 0.3) is 17.0 Å². The topological polar surface area (TPSA) is 170 Å². The van der Waals surface area contributed by atoms with Crippen LogP contribution in [0.5, 0.6) is 0 Å². The largest absolute Gasteiger partial charge is 0.451 e. The van der Waals surface area contributed by atoms with E-state index in [0.717, 1.165) is 5.39 Å². The van der Waals surface area contributed by atoms with Gasteiger partial charge in [-0.2, -0.15) is 0 Å². The highest BCUT2D eigenvalue weighted by Crippen LogP contribution is 2.26. The number of cyclic esters (lactones) is 1. The number of amides is 3. The summed E-state index contributed by atoms with van der Waals surface area (Å²) in [4.78, 5) is 57.6. The predicted octanol–water partition coefficient (Wildman–Crippen LogP) is 0.978. The van der Waals surface area contributed by atoms with Crippen molar-refractivity contribution in [1.82, 2.24) is 26.1 Å². The van der Waals surface area contributed by atoms with E-state index in [1.165, 1.54) is 18.0 Å². The van der Waals surface area contributed by atoms with Crippen LogP contribution in [0.1, 0.15) is 57.8 Å². The van der Waals surface area contributed by atoms with Crippen molar-refractivity contribution in [2.24, 2.45) is 11.3 Å². The number of aromatic nitrogens is 1. The van der Waals surface area contributed by atoms with Gasteiger partial charge < -0.3 is 25.6 Å². The second-order valence-corrected chi connectivity index (χ2v) is 11.3. The lowest BCUT2D eigenvalue weighted by molar-refractivity contribution is -0.170. The van der Waals surface area contributed by atoms with Crippen LogP contribution < -0.4 is 16.1 Å². The van der Waals surface area contributed by atoms with Gasteiger partial charge in [-0.3, -0.25) is 29.2 Å². The van der Waals surface area contributed by atoms with Gasteiger partial charge in [0.2, 0.25) is 5.91 Å². The van der Waals surface area contributed by atoms with E-state index in [9.17, 15) is 29.4 Å². The number of carbonyl (C=O) groups is 4. The second kappa shape index (κ2) is 13.0. The van der Waals surface area contributed by atoms with E-state index < -0.39 is 66.6 Å². The molecule has 2 aromatic rings. The third-order valence-electron chi connectivity index (χ3n) is 7.70. The summed E-state index contributed by atoms with van der Waals surface area (Å²) in [5, 5.41) is 28.1. The Morgan fingerprint density at radius 1 is 1.02 bits per heavy atom. The van der Waals surface area contributed by atoms with Crippen molar-refractivity contribution in [1.29, 1.82) is 0 Å². The quantitative estimate of drug-likeness (QED) is 0.332. The van der Waals surface area contributed by atoms with Crippen molar-refractivity contribution in [2.45, 2.75) is 64.8 Å². The molecule has 0 radical (unpaired) electrons. The second-order valence-electron chi connectivity index (χ2n) is 11.3. The number of fused-ring (bicyclic) bond motifs is 4. The molecule has 12 heteroatoms. The van der Waals surface area contributed by atoms with E-state index in [1.807, 2.05) is 25.1 Å². The minimum atomic E-state index is -1.83. The van der Waals surface area contributed by atoms with Gasteiger partial charge >= 0.3 is 5.97 Å². The Morgan fingerprint density at radius 3 is 2.40 bits per heavy atom. The van der Waals surface area contributed by atoms with E-state index >= 15 is 0 Å². The molecule has 4 rings (SSSR count). The highest BCUT2D eigenvalue weighted by molar-refractivity contribution is 5.92. The summed E-state index contributed by atoms with van der Waals surface area (Å²) in [5.41, 5.74) is 3.06. The molecule has 0 spiro atoms. The monoisotopic (exact) mass is 581 g/mol. The third kappa shape index (κ3) is 6.61. The number of hydrogen-bond acceptors (Lipinski definition) is 9. The van der Waals surface area contributed by atoms with Crippen LogP contribution in [0.2, 0.25) is 0 Å². The van der Waals surface area contributed by atoms with Gasteiger partial charge in [-0.15, -0.1) is 0 Å². The molecular formula is C30H39N5O7. The highest BCUT2D eigenvalue weighted by atomic mass is 16.6. The van der Waals surface area contributed by atoms with E-state index in [0.29, 0.717) is 36.2 Å². The predicted molar refractivity (Wildman–Crippen MR) is 154 cm³/mol. The summed E-state index contributed by atoms with van der Waals surface area (Å²) in [6, 6.07) is 7.07. The number of ether oxygens (including phenoxy) is 1. The first-order valence-electron chi connectivity index (χ1n) is 14.2. The molecule has 3 amide bonds. The lowest BCUT2D eigenvalue weighted by Crippen LogP contribution is -2.61. The zero-order valence-electron chi connectivity index (χ0n) is 24.3. The molecule has 1 saturated heterocycles. The number of carbonyl (C=O) groups excluding carboxylic acids is 4. The first-order valence-corrected chi connectivity index (χ1v) is 14.2. The Hall–Kier alpha value is -3.87. The van der Waals surface area contributed by atoms with Gasteiger partial charge in [-0.1, -0.05) is 44.2 Å². The lowest BCUT2D eigenvalue weighted by atomic mass is 9.88. The van der Waals surface area contributed by atoms with Crippen molar-refractivity contribution < 1.29 is 34.1 Å². The maximum absolute atomic E-state index is 13.3. The highest BCUT2D eigenvalue weighted by Gasteiger charge is 2.41. The molecule has 42 heavy (non-hydrogen) atoms. The molecule has 1 fully saturated rings. The van der Waals surface area contributed by atoms with E-state index in [4.69, 9.17) is 9.72 Å². The standard InChI is InChI=1S/C30H39N5O7/c1-17(2)25-27(39)32-19(4)28(40)35-13-5-6-23(34-35)26(38)31-18(3)22-10-9-21-8-7-20(14-24(21)33-22)11-12-30(15-36,16-37)29(41)42-25/h7-12,14,17-19,23,25,34,36-37H,5-6,13,15-16H2,1-4H3,(H,31,38)(H,32,39). The maximum Gasteiger partial charge on any atom is 0.321 e. The summed E-state index contributed by atoms with van der Waals surface area (Å²) < 4.78 is 5.56. The van der Waals surface area contributed by atoms with Crippen LogP contribution in [-0.4, -0.2) is 81.8 Å². The van der Waals surface area contributed by atoms with Gasteiger partial charge in [-0.25, -0.2) is 5.43 Å². The lowest BCUT2D eigenvalue weighted by Gasteiger charge is -2.35. The normalized spacial score (nSPS) is 25.7. The van der Waals surface area contributed by atoms with Crippen LogP contribution >= 0.6 is 0 Å². The Labute approximate surface area is 244 Å². The first-order chi connectivity index (χ1) is 20.0. The number of esters is 1. The summed E-state index contributed by atoms with van der Waals surface area (Å²) in [5.74, 6) is -2.90. The smallest absolute Gasteiger partial charge is 0.321 e. The number of nitrogens with one attached hydrogen (secondary N) is 3. The number of rotatable bonds is 3. The Bertz CT molecular complexity index is 1370. The molecule has 12 nitrogen and oxygen atoms in total. The zero-order valence-corrected chi connectivity index (χ0v) is 24.3. The number of benzene rings is 1. The summed E-state index contributed by atoms with van der Waals surface area (Å²) >= 11 is 0. The third-order valence-corrected chi connectivity index (χ3v) is 7.70. The number of hydrazine groups is 1. The molecule has 4 unspecified atom stereocenters. The van der Waals surface area contributed by atoms with Gasteiger partial charge in [0.1, 0.15) is 17.5 Å². The molecule has 4 atom stereocenters. The van der Waals surface area contributed by atoms with Gasteiger partial charge in [0.05, 0.1) is 30.5 Å². The molecule has 1 aromatic heterocycles. The van der Waals surface area contributed by atoms with Crippen molar-refractivity contribution >= 4 is 40.7 Å². The Kier molecular flexibility index (Phi) is 9.60. The van der Waals surface area contributed by atoms with Crippen LogP contribution in [0, 0.1) is 11.3 Å². The van der Waals surface area contributed by atoms with Crippen LogP contribution in [0.3, 0.4) is 0 Å².